The third-order valence-corrected chi connectivity index (χ3v) is 2.72. The summed E-state index contributed by atoms with van der Waals surface area (Å²) < 4.78 is 0. The third-order valence-electron chi connectivity index (χ3n) is 2.47. The largest absolute Gasteiger partial charge is 0.481 e. The normalized spacial score (nSPS) is 10.1. The number of hydrogen-bond donors (Lipinski definition) is 1. The molecule has 1 amide bonds. The Labute approximate surface area is 111 Å². The Morgan fingerprint density at radius 3 is 2.33 bits per heavy atom. The van der Waals surface area contributed by atoms with Crippen LogP contribution in [-0.2, 0) is 4.79 Å². The van der Waals surface area contributed by atoms with Gasteiger partial charge in [-0.3, -0.25) is 9.59 Å². The first-order valence-corrected chi connectivity index (χ1v) is 6.19. The fourth-order valence-electron chi connectivity index (χ4n) is 1.59. The summed E-state index contributed by atoms with van der Waals surface area (Å²) in [5.74, 6) is -1.06. The molecule has 0 heterocycles. The van der Waals surface area contributed by atoms with Crippen LogP contribution in [0.5, 0.6) is 0 Å². The maximum absolute atomic E-state index is 12.1. The first-order chi connectivity index (χ1) is 8.54. The summed E-state index contributed by atoms with van der Waals surface area (Å²) in [5, 5.41) is 9.23. The molecule has 5 heteroatoms. The summed E-state index contributed by atoms with van der Waals surface area (Å²) in [4.78, 5) is 24.3. The number of hydrogen-bond acceptors (Lipinski definition) is 2. The second kappa shape index (κ2) is 7.01. The molecule has 98 valence electrons. The summed E-state index contributed by atoms with van der Waals surface area (Å²) in [7, 11) is 0. The molecule has 1 N–H and O–H groups in total. The molecule has 0 fully saturated rings. The number of carboxylic acid groups (broad SMARTS) is 1. The lowest BCUT2D eigenvalue weighted by Crippen LogP contribution is -2.33. The maximum Gasteiger partial charge on any atom is 0.305 e. The van der Waals surface area contributed by atoms with Crippen molar-refractivity contribution in [2.24, 2.45) is 0 Å². The Balaban J connectivity index is 2.75. The quantitative estimate of drug-likeness (QED) is 0.864. The molecule has 1 aromatic rings. The highest BCUT2D eigenvalue weighted by Crippen LogP contribution is 2.12. The Morgan fingerprint density at radius 1 is 1.22 bits per heavy atom. The molecule has 1 rings (SSSR count). The van der Waals surface area contributed by atoms with Crippen molar-refractivity contribution >= 4 is 23.5 Å². The molecular weight excluding hydrogens is 254 g/mol. The van der Waals surface area contributed by atoms with Crippen molar-refractivity contribution in [1.29, 1.82) is 0 Å². The van der Waals surface area contributed by atoms with E-state index in [9.17, 15) is 9.59 Å². The summed E-state index contributed by atoms with van der Waals surface area (Å²) in [6.07, 6.45) is 0.748. The molecule has 1 aromatic carbocycles. The molecule has 0 aliphatic carbocycles. The van der Waals surface area contributed by atoms with Crippen LogP contribution in [-0.4, -0.2) is 35.0 Å². The highest BCUT2D eigenvalue weighted by molar-refractivity contribution is 6.30. The molecule has 0 radical (unpaired) electrons. The van der Waals surface area contributed by atoms with E-state index in [2.05, 4.69) is 0 Å². The van der Waals surface area contributed by atoms with Crippen LogP contribution in [0.3, 0.4) is 0 Å². The van der Waals surface area contributed by atoms with Gasteiger partial charge in [0.05, 0.1) is 6.42 Å². The first-order valence-electron chi connectivity index (χ1n) is 5.81. The third kappa shape index (κ3) is 4.37. The number of nitrogens with zero attached hydrogens (tertiary/aromatic N) is 1. The first kappa shape index (κ1) is 14.5. The minimum atomic E-state index is -0.903. The van der Waals surface area contributed by atoms with Crippen LogP contribution in [0.15, 0.2) is 24.3 Å². The molecule has 0 aromatic heterocycles. The summed E-state index contributed by atoms with van der Waals surface area (Å²) in [5.41, 5.74) is 0.526. The number of benzene rings is 1. The smallest absolute Gasteiger partial charge is 0.305 e. The van der Waals surface area contributed by atoms with E-state index in [1.165, 1.54) is 0 Å². The van der Waals surface area contributed by atoms with E-state index in [1.54, 1.807) is 29.2 Å². The number of carboxylic acids is 1. The Morgan fingerprint density at radius 2 is 1.83 bits per heavy atom. The molecule has 0 bridgehead atoms. The van der Waals surface area contributed by atoms with Crippen LogP contribution in [0.4, 0.5) is 0 Å². The summed E-state index contributed by atoms with van der Waals surface area (Å²) in [6.45, 7) is 2.72. The zero-order chi connectivity index (χ0) is 13.5. The second-order valence-electron chi connectivity index (χ2n) is 3.94. The number of rotatable bonds is 6. The van der Waals surface area contributed by atoms with Crippen LogP contribution < -0.4 is 0 Å². The summed E-state index contributed by atoms with van der Waals surface area (Å²) >= 11 is 5.76. The highest BCUT2D eigenvalue weighted by Gasteiger charge is 2.15. The highest BCUT2D eigenvalue weighted by atomic mass is 35.5. The molecule has 18 heavy (non-hydrogen) atoms. The Hall–Kier alpha value is -1.55. The van der Waals surface area contributed by atoms with Crippen molar-refractivity contribution < 1.29 is 14.7 Å². The molecule has 0 saturated heterocycles. The van der Waals surface area contributed by atoms with Crippen molar-refractivity contribution in [2.45, 2.75) is 19.8 Å². The van der Waals surface area contributed by atoms with Crippen molar-refractivity contribution in [1.82, 2.24) is 4.90 Å². The molecule has 0 unspecified atom stereocenters. The van der Waals surface area contributed by atoms with Gasteiger partial charge < -0.3 is 10.0 Å². The van der Waals surface area contributed by atoms with Crippen molar-refractivity contribution in [3.05, 3.63) is 34.9 Å². The molecule has 0 aliphatic heterocycles. The molecule has 0 atom stereocenters. The monoisotopic (exact) mass is 269 g/mol. The van der Waals surface area contributed by atoms with Crippen LogP contribution in [0.1, 0.15) is 30.1 Å². The fraction of sp³-hybridized carbons (Fsp3) is 0.385. The second-order valence-corrected chi connectivity index (χ2v) is 4.38. The van der Waals surface area contributed by atoms with Gasteiger partial charge in [0.15, 0.2) is 0 Å². The number of aliphatic carboxylic acids is 1. The lowest BCUT2D eigenvalue weighted by atomic mass is 10.2. The van der Waals surface area contributed by atoms with E-state index in [0.29, 0.717) is 17.1 Å². The van der Waals surface area contributed by atoms with Gasteiger partial charge in [-0.2, -0.15) is 0 Å². The van der Waals surface area contributed by atoms with Crippen molar-refractivity contribution in [3.63, 3.8) is 0 Å². The number of amides is 1. The SMILES string of the molecule is CCCN(CCC(=O)O)C(=O)c1ccc(Cl)cc1. The molecule has 4 nitrogen and oxygen atoms in total. The topological polar surface area (TPSA) is 57.6 Å². The predicted octanol–water partition coefficient (Wildman–Crippen LogP) is 2.67. The zero-order valence-corrected chi connectivity index (χ0v) is 11.0. The van der Waals surface area contributed by atoms with E-state index in [4.69, 9.17) is 16.7 Å². The average Bonchev–Trinajstić information content (AvgIpc) is 2.34. The fourth-order valence-corrected chi connectivity index (χ4v) is 1.72. The Kier molecular flexibility index (Phi) is 5.65. The van der Waals surface area contributed by atoms with Crippen LogP contribution in [0.2, 0.25) is 5.02 Å². The van der Waals surface area contributed by atoms with Crippen LogP contribution in [0.25, 0.3) is 0 Å². The minimum absolute atomic E-state index is 0.0423. The van der Waals surface area contributed by atoms with E-state index < -0.39 is 5.97 Å². The van der Waals surface area contributed by atoms with Gasteiger partial charge in [-0.05, 0) is 30.7 Å². The molecule has 0 spiro atoms. The van der Waals surface area contributed by atoms with Crippen molar-refractivity contribution in [2.75, 3.05) is 13.1 Å². The Bertz CT molecular complexity index is 417. The molecule has 0 saturated carbocycles. The zero-order valence-electron chi connectivity index (χ0n) is 10.2. The van der Waals surface area contributed by atoms with Gasteiger partial charge >= 0.3 is 5.97 Å². The van der Waals surface area contributed by atoms with Gasteiger partial charge in [0.1, 0.15) is 0 Å². The number of carbonyl (C=O) groups excluding carboxylic acids is 1. The van der Waals surface area contributed by atoms with E-state index in [0.717, 1.165) is 6.42 Å². The lowest BCUT2D eigenvalue weighted by Gasteiger charge is -2.21. The molecular formula is C13H16ClNO3. The van der Waals surface area contributed by atoms with Gasteiger partial charge in [0, 0.05) is 23.7 Å². The van der Waals surface area contributed by atoms with E-state index in [-0.39, 0.29) is 18.9 Å². The van der Waals surface area contributed by atoms with E-state index in [1.807, 2.05) is 6.92 Å². The van der Waals surface area contributed by atoms with Gasteiger partial charge in [-0.15, -0.1) is 0 Å². The van der Waals surface area contributed by atoms with Crippen LogP contribution >= 0.6 is 11.6 Å². The maximum atomic E-state index is 12.1. The van der Waals surface area contributed by atoms with Gasteiger partial charge in [-0.1, -0.05) is 18.5 Å². The van der Waals surface area contributed by atoms with Gasteiger partial charge in [0.2, 0.25) is 0 Å². The number of halogens is 1. The standard InChI is InChI=1S/C13H16ClNO3/c1-2-8-15(9-7-12(16)17)13(18)10-3-5-11(14)6-4-10/h3-6H,2,7-9H2,1H3,(H,16,17). The molecule has 0 aliphatic rings. The average molecular weight is 270 g/mol. The van der Waals surface area contributed by atoms with Gasteiger partial charge in [0.25, 0.3) is 5.91 Å². The van der Waals surface area contributed by atoms with E-state index >= 15 is 0 Å². The van der Waals surface area contributed by atoms with Crippen LogP contribution in [0, 0.1) is 0 Å². The predicted molar refractivity (Wildman–Crippen MR) is 69.9 cm³/mol. The van der Waals surface area contributed by atoms with Gasteiger partial charge in [-0.25, -0.2) is 0 Å². The summed E-state index contributed by atoms with van der Waals surface area (Å²) in [6, 6.07) is 6.59. The minimum Gasteiger partial charge on any atom is -0.481 e. The van der Waals surface area contributed by atoms with Crippen molar-refractivity contribution in [3.8, 4) is 0 Å². The number of carbonyl (C=O) groups is 2. The lowest BCUT2D eigenvalue weighted by molar-refractivity contribution is -0.137.